The first-order chi connectivity index (χ1) is 16.8. The van der Waals surface area contributed by atoms with Crippen molar-refractivity contribution in [1.82, 2.24) is 9.97 Å². The summed E-state index contributed by atoms with van der Waals surface area (Å²) in [6.07, 6.45) is 5.86. The monoisotopic (exact) mass is 508 g/mol. The van der Waals surface area contributed by atoms with E-state index in [1.807, 2.05) is 6.07 Å². The molecule has 1 saturated carbocycles. The molecule has 35 heavy (non-hydrogen) atoms. The zero-order valence-electron chi connectivity index (χ0n) is 19.0. The van der Waals surface area contributed by atoms with Gasteiger partial charge >= 0.3 is 0 Å². The van der Waals surface area contributed by atoms with Crippen LogP contribution in [-0.2, 0) is 4.79 Å². The molecule has 1 fully saturated rings. The Morgan fingerprint density at radius 1 is 1.31 bits per heavy atom. The third-order valence-electron chi connectivity index (χ3n) is 6.03. The number of aryl methyl sites for hydroxylation is 1. The number of carbonyl (C=O) groups is 2. The smallest absolute Gasteiger partial charge is 0.260 e. The molecule has 0 saturated heterocycles. The largest absolute Gasteiger partial charge is 0.320 e. The third-order valence-corrected chi connectivity index (χ3v) is 7.17. The van der Waals surface area contributed by atoms with Gasteiger partial charge in [0.2, 0.25) is 0 Å². The van der Waals surface area contributed by atoms with Crippen LogP contribution in [-0.4, -0.2) is 39.9 Å². The molecule has 1 amide bonds. The number of anilines is 3. The van der Waals surface area contributed by atoms with Crippen LogP contribution in [0.2, 0.25) is 0 Å². The quantitative estimate of drug-likeness (QED) is 0.385. The fraction of sp³-hybridized carbons (Fsp3) is 0.250. The van der Waals surface area contributed by atoms with Crippen LogP contribution in [0.1, 0.15) is 40.9 Å². The number of nitrogens with zero attached hydrogens (tertiary/aromatic N) is 5. The lowest BCUT2D eigenvalue weighted by molar-refractivity contribution is -0.114. The predicted octanol–water partition coefficient (Wildman–Crippen LogP) is 4.46. The first kappa shape index (κ1) is 24.4. The molecule has 0 spiro atoms. The van der Waals surface area contributed by atoms with Gasteiger partial charge in [0.1, 0.15) is 29.4 Å². The number of hydrogen-bond donors (Lipinski definition) is 1. The Bertz CT molecular complexity index is 1330. The average molecular weight is 509 g/mol. The second-order valence-electron chi connectivity index (χ2n) is 8.18. The number of aromatic nitrogens is 2. The van der Waals surface area contributed by atoms with E-state index in [1.54, 1.807) is 41.3 Å². The normalized spacial score (nSPS) is 13.8. The van der Waals surface area contributed by atoms with Gasteiger partial charge in [0, 0.05) is 24.3 Å². The Morgan fingerprint density at radius 2 is 2.09 bits per heavy atom. The minimum atomic E-state index is -0.919. The summed E-state index contributed by atoms with van der Waals surface area (Å²) >= 11 is 7.00. The van der Waals surface area contributed by atoms with E-state index in [2.05, 4.69) is 15.3 Å². The van der Waals surface area contributed by atoms with Crippen molar-refractivity contribution < 1.29 is 14.0 Å². The minimum absolute atomic E-state index is 0.149. The molecule has 0 atom stereocenters. The molecule has 178 valence electrons. The van der Waals surface area contributed by atoms with Crippen molar-refractivity contribution in [3.05, 3.63) is 64.7 Å². The molecule has 2 heterocycles. The maximum Gasteiger partial charge on any atom is 0.260 e. The number of carbonyl (C=O) groups excluding carboxylic acids is 2. The fourth-order valence-electron chi connectivity index (χ4n) is 3.89. The zero-order valence-corrected chi connectivity index (χ0v) is 20.6. The van der Waals surface area contributed by atoms with E-state index in [-0.39, 0.29) is 10.7 Å². The number of aldehydes is 1. The van der Waals surface area contributed by atoms with Crippen LogP contribution in [0.15, 0.2) is 42.0 Å². The Labute approximate surface area is 211 Å². The number of hydrogen-bond acceptors (Lipinski definition) is 7. The van der Waals surface area contributed by atoms with Gasteiger partial charge in [-0.05, 0) is 68.2 Å². The van der Waals surface area contributed by atoms with Gasteiger partial charge in [-0.2, -0.15) is 5.26 Å². The van der Waals surface area contributed by atoms with Crippen molar-refractivity contribution in [3.8, 4) is 6.07 Å². The number of halogens is 1. The van der Waals surface area contributed by atoms with Crippen LogP contribution in [0.3, 0.4) is 0 Å². The molecule has 1 aliphatic carbocycles. The van der Waals surface area contributed by atoms with Crippen molar-refractivity contribution in [3.63, 3.8) is 0 Å². The van der Waals surface area contributed by atoms with Crippen LogP contribution < -0.4 is 15.1 Å². The molecule has 0 aliphatic heterocycles. The molecule has 1 aromatic carbocycles. The number of nitrogens with one attached hydrogen (secondary N) is 1. The first-order valence-electron chi connectivity index (χ1n) is 10.7. The van der Waals surface area contributed by atoms with Gasteiger partial charge in [0.05, 0.1) is 17.4 Å². The number of nitriles is 1. The van der Waals surface area contributed by atoms with E-state index in [0.29, 0.717) is 40.6 Å². The van der Waals surface area contributed by atoms with Crippen molar-refractivity contribution >= 4 is 57.4 Å². The molecule has 0 bridgehead atoms. The van der Waals surface area contributed by atoms with Gasteiger partial charge in [-0.1, -0.05) is 0 Å². The molecule has 11 heteroatoms. The van der Waals surface area contributed by atoms with E-state index in [4.69, 9.17) is 17.5 Å². The molecule has 0 unspecified atom stereocenters. The van der Waals surface area contributed by atoms with Crippen molar-refractivity contribution in [1.29, 1.82) is 5.26 Å². The predicted molar refractivity (Wildman–Crippen MR) is 136 cm³/mol. The van der Waals surface area contributed by atoms with E-state index < -0.39 is 17.3 Å². The highest BCUT2D eigenvalue weighted by atomic mass is 32.1. The SMILES string of the molecule is Cc1cc(N(C)C(=S)N(c2ccc(C(=O)Nc3nccs3)c(F)c2)C2(C=O)CCC2)cnc1C#N. The molecule has 2 aromatic heterocycles. The number of benzene rings is 1. The van der Waals surface area contributed by atoms with Gasteiger partial charge in [0.15, 0.2) is 10.2 Å². The summed E-state index contributed by atoms with van der Waals surface area (Å²) in [6.45, 7) is 1.77. The summed E-state index contributed by atoms with van der Waals surface area (Å²) in [5, 5.41) is 14.1. The third kappa shape index (κ3) is 4.62. The minimum Gasteiger partial charge on any atom is -0.320 e. The van der Waals surface area contributed by atoms with Crippen molar-refractivity contribution in [2.24, 2.45) is 0 Å². The van der Waals surface area contributed by atoms with Gasteiger partial charge in [-0.3, -0.25) is 10.1 Å². The van der Waals surface area contributed by atoms with E-state index >= 15 is 4.39 Å². The number of thiazole rings is 1. The lowest BCUT2D eigenvalue weighted by Crippen LogP contribution is -2.60. The highest BCUT2D eigenvalue weighted by Gasteiger charge is 2.45. The zero-order chi connectivity index (χ0) is 25.2. The lowest BCUT2D eigenvalue weighted by Gasteiger charge is -2.48. The van der Waals surface area contributed by atoms with Crippen LogP contribution in [0, 0.1) is 24.1 Å². The highest BCUT2D eigenvalue weighted by Crippen LogP contribution is 2.40. The Morgan fingerprint density at radius 3 is 2.63 bits per heavy atom. The topological polar surface area (TPSA) is 102 Å². The maximum atomic E-state index is 15.1. The maximum absolute atomic E-state index is 15.1. The molecule has 4 rings (SSSR count). The summed E-state index contributed by atoms with van der Waals surface area (Å²) in [7, 11) is 1.72. The first-order valence-corrected chi connectivity index (χ1v) is 12.0. The number of amides is 1. The summed E-state index contributed by atoms with van der Waals surface area (Å²) in [5.41, 5.74) is 0.900. The highest BCUT2D eigenvalue weighted by molar-refractivity contribution is 7.80. The Hall–Kier alpha value is -3.75. The fourth-order valence-corrected chi connectivity index (χ4v) is 4.81. The lowest BCUT2D eigenvalue weighted by atomic mass is 9.76. The van der Waals surface area contributed by atoms with Crippen LogP contribution in [0.25, 0.3) is 0 Å². The second-order valence-corrected chi connectivity index (χ2v) is 9.44. The second kappa shape index (κ2) is 9.85. The van der Waals surface area contributed by atoms with Crippen LogP contribution in [0.4, 0.5) is 20.9 Å². The van der Waals surface area contributed by atoms with Gasteiger partial charge in [-0.15, -0.1) is 11.3 Å². The van der Waals surface area contributed by atoms with E-state index in [9.17, 15) is 9.59 Å². The summed E-state index contributed by atoms with van der Waals surface area (Å²) in [5.74, 6) is -1.37. The summed E-state index contributed by atoms with van der Waals surface area (Å²) < 4.78 is 15.1. The molecule has 8 nitrogen and oxygen atoms in total. The number of thiocarbonyl (C=S) groups is 1. The molecular formula is C24H21FN6O2S2. The molecular weight excluding hydrogens is 487 g/mol. The number of rotatable bonds is 6. The summed E-state index contributed by atoms with van der Waals surface area (Å²) in [6, 6.07) is 7.96. The van der Waals surface area contributed by atoms with Crippen LogP contribution in [0.5, 0.6) is 0 Å². The van der Waals surface area contributed by atoms with Gasteiger partial charge in [-0.25, -0.2) is 14.4 Å². The molecule has 3 aromatic rings. The van der Waals surface area contributed by atoms with E-state index in [1.165, 1.54) is 35.9 Å². The van der Waals surface area contributed by atoms with Gasteiger partial charge in [0.25, 0.3) is 5.91 Å². The Kier molecular flexibility index (Phi) is 6.86. The molecule has 0 radical (unpaired) electrons. The summed E-state index contributed by atoms with van der Waals surface area (Å²) in [4.78, 5) is 36.2. The van der Waals surface area contributed by atoms with Crippen LogP contribution >= 0.6 is 23.6 Å². The standard InChI is InChI=1S/C24H21FN6O2S2/c1-15-10-17(13-28-20(15)12-26)30(2)23(34)31(24(14-32)6-3-7-24)16-4-5-18(19(25)11-16)21(33)29-22-27-8-9-35-22/h4-5,8-11,13-14H,3,6-7H2,1-2H3,(H,27,29,33). The molecule has 1 aliphatic rings. The van der Waals surface area contributed by atoms with Gasteiger partial charge < -0.3 is 14.6 Å². The van der Waals surface area contributed by atoms with Crippen molar-refractivity contribution in [2.45, 2.75) is 31.7 Å². The Balaban J connectivity index is 1.68. The van der Waals surface area contributed by atoms with Crippen molar-refractivity contribution in [2.75, 3.05) is 22.2 Å². The average Bonchev–Trinajstić information content (AvgIpc) is 3.33. The number of pyridine rings is 1. The molecule has 1 N–H and O–H groups in total. The van der Waals surface area contributed by atoms with E-state index in [0.717, 1.165) is 12.7 Å².